The molecule has 2 atom stereocenters. The van der Waals surface area contributed by atoms with Gasteiger partial charge in [-0.1, -0.05) is 0 Å². The largest absolute Gasteiger partial charge is 0.465 e. The van der Waals surface area contributed by atoms with Gasteiger partial charge in [0.2, 0.25) is 0 Å². The molecule has 1 aliphatic rings. The van der Waals surface area contributed by atoms with Gasteiger partial charge in [-0.05, 0) is 52.3 Å². The Hall–Kier alpha value is -0.800. The minimum absolute atomic E-state index is 0.397. The molecule has 17 heavy (non-hydrogen) atoms. The van der Waals surface area contributed by atoms with Gasteiger partial charge < -0.3 is 9.73 Å². The molecule has 2 heterocycles. The average molecular weight is 236 g/mol. The van der Waals surface area contributed by atoms with Crippen molar-refractivity contribution in [1.82, 2.24) is 10.2 Å². The Bertz CT molecular complexity index is 348. The monoisotopic (exact) mass is 236 g/mol. The molecule has 0 aromatic carbocycles. The lowest BCUT2D eigenvalue weighted by molar-refractivity contribution is 0.166. The molecule has 2 unspecified atom stereocenters. The van der Waals surface area contributed by atoms with Gasteiger partial charge in [-0.3, -0.25) is 4.90 Å². The summed E-state index contributed by atoms with van der Waals surface area (Å²) in [6.07, 6.45) is 2.43. The third-order valence-electron chi connectivity index (χ3n) is 3.68. The SMILES string of the molecule is Cc1ccc(C(C)N2CCCNC(C)CC2)o1. The van der Waals surface area contributed by atoms with Gasteiger partial charge in [0.25, 0.3) is 0 Å². The van der Waals surface area contributed by atoms with Crippen LogP contribution in [0.1, 0.15) is 44.3 Å². The second kappa shape index (κ2) is 5.69. The van der Waals surface area contributed by atoms with Crippen LogP contribution in [0.4, 0.5) is 0 Å². The molecular formula is C14H24N2O. The summed E-state index contributed by atoms with van der Waals surface area (Å²) in [6.45, 7) is 9.95. The predicted molar refractivity (Wildman–Crippen MR) is 70.1 cm³/mol. The average Bonchev–Trinajstić information content (AvgIpc) is 2.70. The van der Waals surface area contributed by atoms with Gasteiger partial charge in [-0.2, -0.15) is 0 Å². The number of rotatable bonds is 2. The molecule has 1 aromatic rings. The highest BCUT2D eigenvalue weighted by molar-refractivity contribution is 5.09. The van der Waals surface area contributed by atoms with Crippen molar-refractivity contribution in [3.63, 3.8) is 0 Å². The summed E-state index contributed by atoms with van der Waals surface area (Å²) in [5.74, 6) is 2.11. The first-order valence-electron chi connectivity index (χ1n) is 6.70. The molecule has 0 spiro atoms. The maximum Gasteiger partial charge on any atom is 0.121 e. The fourth-order valence-corrected chi connectivity index (χ4v) is 2.45. The number of aryl methyl sites for hydroxylation is 1. The van der Waals surface area contributed by atoms with Crippen molar-refractivity contribution >= 4 is 0 Å². The number of hydrogen-bond acceptors (Lipinski definition) is 3. The summed E-state index contributed by atoms with van der Waals surface area (Å²) in [4.78, 5) is 2.54. The van der Waals surface area contributed by atoms with Crippen LogP contribution in [-0.2, 0) is 0 Å². The second-order valence-electron chi connectivity index (χ2n) is 5.16. The molecule has 0 aliphatic carbocycles. The van der Waals surface area contributed by atoms with Crippen molar-refractivity contribution in [1.29, 1.82) is 0 Å². The first kappa shape index (κ1) is 12.7. The molecule has 2 rings (SSSR count). The standard InChI is InChI=1S/C14H24N2O/c1-11-7-10-16(9-4-8-15-11)13(3)14-6-5-12(2)17-14/h5-6,11,13,15H,4,7-10H2,1-3H3. The van der Waals surface area contributed by atoms with Gasteiger partial charge in [0.15, 0.2) is 0 Å². The van der Waals surface area contributed by atoms with Gasteiger partial charge in [0, 0.05) is 19.1 Å². The second-order valence-corrected chi connectivity index (χ2v) is 5.16. The maximum atomic E-state index is 5.74. The number of nitrogens with one attached hydrogen (secondary N) is 1. The van der Waals surface area contributed by atoms with E-state index >= 15 is 0 Å². The van der Waals surface area contributed by atoms with Crippen molar-refractivity contribution in [3.8, 4) is 0 Å². The van der Waals surface area contributed by atoms with E-state index in [0.29, 0.717) is 12.1 Å². The molecule has 1 fully saturated rings. The molecule has 96 valence electrons. The molecule has 1 saturated heterocycles. The smallest absolute Gasteiger partial charge is 0.121 e. The first-order chi connectivity index (χ1) is 8.16. The number of hydrogen-bond donors (Lipinski definition) is 1. The van der Waals surface area contributed by atoms with E-state index < -0.39 is 0 Å². The van der Waals surface area contributed by atoms with Crippen LogP contribution in [0.3, 0.4) is 0 Å². The van der Waals surface area contributed by atoms with Crippen LogP contribution in [0.15, 0.2) is 16.5 Å². The summed E-state index contributed by atoms with van der Waals surface area (Å²) in [5, 5.41) is 3.54. The highest BCUT2D eigenvalue weighted by atomic mass is 16.3. The lowest BCUT2D eigenvalue weighted by Gasteiger charge is -2.31. The first-order valence-corrected chi connectivity index (χ1v) is 6.70. The summed E-state index contributed by atoms with van der Waals surface area (Å²) in [6, 6.07) is 5.19. The van der Waals surface area contributed by atoms with E-state index in [2.05, 4.69) is 36.2 Å². The van der Waals surface area contributed by atoms with Crippen molar-refractivity contribution in [2.24, 2.45) is 0 Å². The topological polar surface area (TPSA) is 28.4 Å². The van der Waals surface area contributed by atoms with Crippen LogP contribution in [-0.4, -0.2) is 30.6 Å². The van der Waals surface area contributed by atoms with Gasteiger partial charge in [-0.25, -0.2) is 0 Å². The zero-order valence-electron chi connectivity index (χ0n) is 11.2. The van der Waals surface area contributed by atoms with E-state index in [1.54, 1.807) is 0 Å². The van der Waals surface area contributed by atoms with Crippen LogP contribution in [0.25, 0.3) is 0 Å². The van der Waals surface area contributed by atoms with Crippen LogP contribution in [0.5, 0.6) is 0 Å². The highest BCUT2D eigenvalue weighted by Crippen LogP contribution is 2.23. The van der Waals surface area contributed by atoms with Crippen LogP contribution in [0, 0.1) is 6.92 Å². The fourth-order valence-electron chi connectivity index (χ4n) is 2.45. The minimum atomic E-state index is 0.397. The van der Waals surface area contributed by atoms with Gasteiger partial charge in [0.05, 0.1) is 6.04 Å². The van der Waals surface area contributed by atoms with E-state index in [1.165, 1.54) is 12.8 Å². The van der Waals surface area contributed by atoms with Gasteiger partial charge >= 0.3 is 0 Å². The molecule has 3 heteroatoms. The van der Waals surface area contributed by atoms with Crippen molar-refractivity contribution in [2.45, 2.75) is 45.7 Å². The van der Waals surface area contributed by atoms with Crippen LogP contribution < -0.4 is 5.32 Å². The predicted octanol–water partition coefficient (Wildman–Crippen LogP) is 2.72. The molecule has 0 bridgehead atoms. The highest BCUT2D eigenvalue weighted by Gasteiger charge is 2.20. The quantitative estimate of drug-likeness (QED) is 0.856. The molecule has 3 nitrogen and oxygen atoms in total. The van der Waals surface area contributed by atoms with Crippen LogP contribution >= 0.6 is 0 Å². The van der Waals surface area contributed by atoms with Gasteiger partial charge in [-0.15, -0.1) is 0 Å². The third kappa shape index (κ3) is 3.33. The summed E-state index contributed by atoms with van der Waals surface area (Å²) < 4.78 is 5.74. The summed E-state index contributed by atoms with van der Waals surface area (Å²) >= 11 is 0. The number of nitrogens with zero attached hydrogens (tertiary/aromatic N) is 1. The Morgan fingerprint density at radius 1 is 1.41 bits per heavy atom. The van der Waals surface area contributed by atoms with Crippen molar-refractivity contribution < 1.29 is 4.42 Å². The lowest BCUT2D eigenvalue weighted by Crippen LogP contribution is -2.39. The van der Waals surface area contributed by atoms with E-state index in [9.17, 15) is 0 Å². The molecular weight excluding hydrogens is 212 g/mol. The van der Waals surface area contributed by atoms with E-state index in [1.807, 2.05) is 6.92 Å². The molecule has 0 radical (unpaired) electrons. The molecule has 0 saturated carbocycles. The maximum absolute atomic E-state index is 5.74. The van der Waals surface area contributed by atoms with E-state index in [4.69, 9.17) is 4.42 Å². The molecule has 1 aliphatic heterocycles. The van der Waals surface area contributed by atoms with Gasteiger partial charge in [0.1, 0.15) is 11.5 Å². The number of furan rings is 1. The van der Waals surface area contributed by atoms with Crippen LogP contribution in [0.2, 0.25) is 0 Å². The third-order valence-corrected chi connectivity index (χ3v) is 3.68. The lowest BCUT2D eigenvalue weighted by atomic mass is 10.1. The van der Waals surface area contributed by atoms with Crippen molar-refractivity contribution in [2.75, 3.05) is 19.6 Å². The normalized spacial score (nSPS) is 25.2. The Labute approximate surface area is 104 Å². The Morgan fingerprint density at radius 3 is 2.94 bits per heavy atom. The van der Waals surface area contributed by atoms with E-state index in [-0.39, 0.29) is 0 Å². The van der Waals surface area contributed by atoms with E-state index in [0.717, 1.165) is 31.2 Å². The molecule has 1 N–H and O–H groups in total. The Balaban J connectivity index is 1.99. The molecule has 0 amide bonds. The summed E-state index contributed by atoms with van der Waals surface area (Å²) in [7, 11) is 0. The Morgan fingerprint density at radius 2 is 2.24 bits per heavy atom. The fraction of sp³-hybridized carbons (Fsp3) is 0.714. The zero-order chi connectivity index (χ0) is 12.3. The summed E-state index contributed by atoms with van der Waals surface area (Å²) in [5.41, 5.74) is 0. The van der Waals surface area contributed by atoms with Crippen molar-refractivity contribution in [3.05, 3.63) is 23.7 Å². The minimum Gasteiger partial charge on any atom is -0.465 e. The zero-order valence-corrected chi connectivity index (χ0v) is 11.2. The Kier molecular flexibility index (Phi) is 4.24. The molecule has 1 aromatic heterocycles.